The predicted molar refractivity (Wildman–Crippen MR) is 99.0 cm³/mol. The highest BCUT2D eigenvalue weighted by atomic mass is 32.2. The largest absolute Gasteiger partial charge is 0.455 e. The zero-order valence-electron chi connectivity index (χ0n) is 14.9. The average molecular weight is 406 g/mol. The van der Waals surface area contributed by atoms with Crippen molar-refractivity contribution in [3.05, 3.63) is 70.3 Å². The summed E-state index contributed by atoms with van der Waals surface area (Å²) >= 11 is 0. The van der Waals surface area contributed by atoms with Crippen LogP contribution in [0, 0.1) is 10.1 Å². The van der Waals surface area contributed by atoms with E-state index in [4.69, 9.17) is 4.74 Å². The van der Waals surface area contributed by atoms with Gasteiger partial charge in [-0.1, -0.05) is 30.3 Å². The van der Waals surface area contributed by atoms with Gasteiger partial charge in [-0.3, -0.25) is 19.7 Å². The second kappa shape index (κ2) is 9.09. The molecule has 9 nitrogen and oxygen atoms in total. The summed E-state index contributed by atoms with van der Waals surface area (Å²) < 4.78 is 29.7. The standard InChI is InChI=1S/C18H18N2O7S/c1-13(28(25,26)16-9-7-15(8-10-16)20(23)24)18(22)27-12-17(21)19-11-14-5-3-2-4-6-14/h2-10,13H,11-12H2,1H3,(H,19,21)/t13-/m1/s1. The summed E-state index contributed by atoms with van der Waals surface area (Å²) in [5.41, 5.74) is 0.584. The highest BCUT2D eigenvalue weighted by Crippen LogP contribution is 2.20. The summed E-state index contributed by atoms with van der Waals surface area (Å²) in [5, 5.41) is 11.6. The molecule has 2 aromatic carbocycles. The number of rotatable bonds is 8. The Morgan fingerprint density at radius 3 is 2.29 bits per heavy atom. The van der Waals surface area contributed by atoms with Crippen molar-refractivity contribution in [2.45, 2.75) is 23.6 Å². The smallest absolute Gasteiger partial charge is 0.324 e. The number of nitro benzene ring substituents is 1. The molecule has 0 spiro atoms. The molecule has 1 amide bonds. The van der Waals surface area contributed by atoms with Gasteiger partial charge in [0.25, 0.3) is 11.6 Å². The second-order valence-electron chi connectivity index (χ2n) is 5.81. The summed E-state index contributed by atoms with van der Waals surface area (Å²) in [4.78, 5) is 33.5. The Hall–Kier alpha value is -3.27. The van der Waals surface area contributed by atoms with Crippen molar-refractivity contribution in [3.8, 4) is 0 Å². The lowest BCUT2D eigenvalue weighted by atomic mass is 10.2. The molecule has 10 heteroatoms. The molecule has 148 valence electrons. The summed E-state index contributed by atoms with van der Waals surface area (Å²) in [6.45, 7) is 0.751. The Bertz CT molecular complexity index is 957. The van der Waals surface area contributed by atoms with Crippen molar-refractivity contribution in [1.82, 2.24) is 5.32 Å². The molecule has 0 bridgehead atoms. The number of hydrogen-bond donors (Lipinski definition) is 1. The average Bonchev–Trinajstić information content (AvgIpc) is 2.70. The number of nitrogens with zero attached hydrogens (tertiary/aromatic N) is 1. The van der Waals surface area contributed by atoms with Crippen LogP contribution in [0.4, 0.5) is 5.69 Å². The number of benzene rings is 2. The van der Waals surface area contributed by atoms with Crippen LogP contribution in [0.1, 0.15) is 12.5 Å². The maximum Gasteiger partial charge on any atom is 0.324 e. The van der Waals surface area contributed by atoms with Gasteiger partial charge in [-0.05, 0) is 24.6 Å². The van der Waals surface area contributed by atoms with Crippen LogP contribution in [0.2, 0.25) is 0 Å². The number of carbonyl (C=O) groups is 2. The number of amides is 1. The van der Waals surface area contributed by atoms with Crippen molar-refractivity contribution in [1.29, 1.82) is 0 Å². The Morgan fingerprint density at radius 2 is 1.71 bits per heavy atom. The van der Waals surface area contributed by atoms with E-state index in [0.29, 0.717) is 0 Å². The van der Waals surface area contributed by atoms with Gasteiger partial charge in [0.15, 0.2) is 21.7 Å². The Kier molecular flexibility index (Phi) is 6.83. The first kappa shape index (κ1) is 21.0. The monoisotopic (exact) mass is 406 g/mol. The minimum atomic E-state index is -4.11. The lowest BCUT2D eigenvalue weighted by molar-refractivity contribution is -0.384. The topological polar surface area (TPSA) is 133 Å². The number of sulfone groups is 1. The number of hydrogen-bond acceptors (Lipinski definition) is 7. The molecule has 0 radical (unpaired) electrons. The van der Waals surface area contributed by atoms with E-state index in [1.165, 1.54) is 0 Å². The molecule has 2 rings (SSSR count). The highest BCUT2D eigenvalue weighted by molar-refractivity contribution is 7.92. The zero-order valence-corrected chi connectivity index (χ0v) is 15.7. The Morgan fingerprint density at radius 1 is 1.11 bits per heavy atom. The van der Waals surface area contributed by atoms with Gasteiger partial charge in [0.2, 0.25) is 0 Å². The lowest BCUT2D eigenvalue weighted by Gasteiger charge is -2.13. The highest BCUT2D eigenvalue weighted by Gasteiger charge is 2.31. The molecule has 0 heterocycles. The fraction of sp³-hybridized carbons (Fsp3) is 0.222. The number of carbonyl (C=O) groups excluding carboxylic acids is 2. The molecule has 0 unspecified atom stereocenters. The van der Waals surface area contributed by atoms with Crippen molar-refractivity contribution < 1.29 is 27.7 Å². The molecule has 28 heavy (non-hydrogen) atoms. The summed E-state index contributed by atoms with van der Waals surface area (Å²) in [7, 11) is -4.11. The van der Waals surface area contributed by atoms with Crippen LogP contribution in [-0.2, 0) is 30.7 Å². The van der Waals surface area contributed by atoms with E-state index in [1.807, 2.05) is 30.3 Å². The zero-order chi connectivity index (χ0) is 20.7. The molecule has 1 N–H and O–H groups in total. The first-order valence-electron chi connectivity index (χ1n) is 8.17. The lowest BCUT2D eigenvalue weighted by Crippen LogP contribution is -2.34. The molecular formula is C18H18N2O7S. The minimum absolute atomic E-state index is 0.244. The molecular weight excluding hydrogens is 388 g/mol. The van der Waals surface area contributed by atoms with Gasteiger partial charge in [0.05, 0.1) is 9.82 Å². The third-order valence-electron chi connectivity index (χ3n) is 3.85. The normalized spacial score (nSPS) is 12.0. The molecule has 1 atom stereocenters. The molecule has 0 aliphatic rings. The number of non-ortho nitro benzene ring substituents is 1. The molecule has 0 aromatic heterocycles. The van der Waals surface area contributed by atoms with Crippen LogP contribution in [0.5, 0.6) is 0 Å². The fourth-order valence-electron chi connectivity index (χ4n) is 2.19. The molecule has 0 aliphatic carbocycles. The SMILES string of the molecule is C[C@H](C(=O)OCC(=O)NCc1ccccc1)S(=O)(=O)c1ccc([N+](=O)[O-])cc1. The van der Waals surface area contributed by atoms with Crippen molar-refractivity contribution in [2.24, 2.45) is 0 Å². The molecule has 0 aliphatic heterocycles. The van der Waals surface area contributed by atoms with Gasteiger partial charge in [-0.15, -0.1) is 0 Å². The number of nitro groups is 1. The fourth-order valence-corrected chi connectivity index (χ4v) is 3.43. The van der Waals surface area contributed by atoms with Gasteiger partial charge in [0, 0.05) is 18.7 Å². The maximum absolute atomic E-state index is 12.4. The van der Waals surface area contributed by atoms with Gasteiger partial charge < -0.3 is 10.1 Å². The van der Waals surface area contributed by atoms with Crippen LogP contribution in [0.15, 0.2) is 59.5 Å². The van der Waals surface area contributed by atoms with E-state index >= 15 is 0 Å². The summed E-state index contributed by atoms with van der Waals surface area (Å²) in [6, 6.07) is 13.2. The van der Waals surface area contributed by atoms with Crippen molar-refractivity contribution in [2.75, 3.05) is 6.61 Å². The maximum atomic E-state index is 12.4. The van der Waals surface area contributed by atoms with Gasteiger partial charge in [0.1, 0.15) is 0 Å². The van der Waals surface area contributed by atoms with Crippen molar-refractivity contribution >= 4 is 27.4 Å². The van der Waals surface area contributed by atoms with Crippen LogP contribution >= 0.6 is 0 Å². The third kappa shape index (κ3) is 5.36. The second-order valence-corrected chi connectivity index (χ2v) is 8.08. The Labute approximate surface area is 161 Å². The quantitative estimate of drug-likeness (QED) is 0.400. The first-order valence-corrected chi connectivity index (χ1v) is 9.72. The number of ether oxygens (including phenoxy) is 1. The molecule has 0 saturated carbocycles. The number of esters is 1. The van der Waals surface area contributed by atoms with Crippen LogP contribution in [0.3, 0.4) is 0 Å². The summed E-state index contributed by atoms with van der Waals surface area (Å²) in [5.74, 6) is -1.66. The first-order chi connectivity index (χ1) is 13.2. The third-order valence-corrected chi connectivity index (χ3v) is 5.90. The molecule has 0 fully saturated rings. The Balaban J connectivity index is 1.91. The van der Waals surface area contributed by atoms with E-state index in [2.05, 4.69) is 5.32 Å². The van der Waals surface area contributed by atoms with E-state index in [0.717, 1.165) is 36.8 Å². The number of nitrogens with one attached hydrogen (secondary N) is 1. The predicted octanol–water partition coefficient (Wildman–Crippen LogP) is 1.62. The van der Waals surface area contributed by atoms with Crippen LogP contribution in [-0.4, -0.2) is 37.1 Å². The summed E-state index contributed by atoms with van der Waals surface area (Å²) in [6.07, 6.45) is 0. The van der Waals surface area contributed by atoms with Gasteiger partial charge >= 0.3 is 5.97 Å². The van der Waals surface area contributed by atoms with Gasteiger partial charge in [-0.2, -0.15) is 0 Å². The van der Waals surface area contributed by atoms with E-state index in [9.17, 15) is 28.1 Å². The van der Waals surface area contributed by atoms with Crippen LogP contribution < -0.4 is 5.32 Å². The van der Waals surface area contributed by atoms with Crippen LogP contribution in [0.25, 0.3) is 0 Å². The molecule has 0 saturated heterocycles. The van der Waals surface area contributed by atoms with E-state index < -0.39 is 38.5 Å². The minimum Gasteiger partial charge on any atom is -0.455 e. The van der Waals surface area contributed by atoms with Crippen molar-refractivity contribution in [3.63, 3.8) is 0 Å². The van der Waals surface area contributed by atoms with Gasteiger partial charge in [-0.25, -0.2) is 8.42 Å². The molecule has 2 aromatic rings. The van der Waals surface area contributed by atoms with E-state index in [-0.39, 0.29) is 17.1 Å². The van der Waals surface area contributed by atoms with E-state index in [1.54, 1.807) is 0 Å².